The number of nitrogens with zero attached hydrogens (tertiary/aromatic N) is 2. The number of hydrogen-bond acceptors (Lipinski definition) is 4. The molecular weight excluding hydrogens is 356 g/mol. The van der Waals surface area contributed by atoms with Gasteiger partial charge in [-0.25, -0.2) is 4.98 Å². The Hall–Kier alpha value is -1.89. The van der Waals surface area contributed by atoms with Crippen LogP contribution in [0.25, 0.3) is 0 Å². The first-order chi connectivity index (χ1) is 13.5. The van der Waals surface area contributed by atoms with Gasteiger partial charge in [0.2, 0.25) is 5.91 Å². The number of likely N-dealkylation sites (tertiary alicyclic amines) is 1. The van der Waals surface area contributed by atoms with E-state index in [9.17, 15) is 9.59 Å². The molecule has 2 heterocycles. The lowest BCUT2D eigenvalue weighted by Crippen LogP contribution is -2.44. The molecule has 0 aromatic carbocycles. The van der Waals surface area contributed by atoms with Gasteiger partial charge in [-0.3, -0.25) is 9.59 Å². The van der Waals surface area contributed by atoms with Gasteiger partial charge in [-0.2, -0.15) is 0 Å². The van der Waals surface area contributed by atoms with E-state index in [-0.39, 0.29) is 29.9 Å². The second kappa shape index (κ2) is 8.23. The lowest BCUT2D eigenvalue weighted by molar-refractivity contribution is -0.136. The number of aromatic amines is 1. The van der Waals surface area contributed by atoms with Gasteiger partial charge >= 0.3 is 0 Å². The molecule has 154 valence electrons. The number of hydrogen-bond donors (Lipinski definition) is 2. The van der Waals surface area contributed by atoms with Crippen molar-refractivity contribution in [2.45, 2.75) is 64.0 Å². The first kappa shape index (κ1) is 19.4. The zero-order chi connectivity index (χ0) is 19.7. The summed E-state index contributed by atoms with van der Waals surface area (Å²) in [7, 11) is 1.64. The summed E-state index contributed by atoms with van der Waals surface area (Å²) in [6.45, 7) is 2.87. The van der Waals surface area contributed by atoms with E-state index in [2.05, 4.69) is 15.3 Å². The number of aromatic nitrogens is 2. The number of methoxy groups -OCH3 is 1. The minimum Gasteiger partial charge on any atom is -0.377 e. The third-order valence-corrected chi connectivity index (χ3v) is 7.08. The molecule has 2 aliphatic carbocycles. The van der Waals surface area contributed by atoms with Gasteiger partial charge in [0.25, 0.3) is 5.91 Å². The van der Waals surface area contributed by atoms with E-state index in [0.717, 1.165) is 24.7 Å². The molecule has 4 rings (SSSR count). The summed E-state index contributed by atoms with van der Waals surface area (Å²) in [4.78, 5) is 34.4. The minimum absolute atomic E-state index is 0.138. The quantitative estimate of drug-likeness (QED) is 0.810. The Balaban J connectivity index is 1.31. The normalized spacial score (nSPS) is 30.9. The number of aryl methyl sites for hydroxylation is 1. The second-order valence-electron chi connectivity index (χ2n) is 8.78. The first-order valence-corrected chi connectivity index (χ1v) is 10.7. The highest BCUT2D eigenvalue weighted by molar-refractivity contribution is 5.92. The van der Waals surface area contributed by atoms with Crippen LogP contribution in [-0.2, 0) is 9.53 Å². The number of carbonyl (C=O) groups excluding carboxylic acids is 2. The van der Waals surface area contributed by atoms with Gasteiger partial charge in [0.05, 0.1) is 18.3 Å². The summed E-state index contributed by atoms with van der Waals surface area (Å²) in [5, 5.41) is 3.01. The van der Waals surface area contributed by atoms with E-state index in [1.54, 1.807) is 7.11 Å². The van der Waals surface area contributed by atoms with Crippen molar-refractivity contribution in [3.05, 3.63) is 17.7 Å². The van der Waals surface area contributed by atoms with E-state index < -0.39 is 0 Å². The lowest BCUT2D eigenvalue weighted by Gasteiger charge is -2.38. The number of rotatable bonds is 5. The maximum Gasteiger partial charge on any atom is 0.269 e. The average molecular weight is 389 g/mol. The molecule has 0 unspecified atom stereocenters. The third kappa shape index (κ3) is 3.95. The third-order valence-electron chi connectivity index (χ3n) is 7.08. The molecule has 3 aliphatic rings. The van der Waals surface area contributed by atoms with Crippen LogP contribution >= 0.6 is 0 Å². The number of H-pyrrole nitrogens is 1. The molecule has 3 fully saturated rings. The van der Waals surface area contributed by atoms with Crippen LogP contribution in [0.15, 0.2) is 6.20 Å². The Kier molecular flexibility index (Phi) is 5.71. The highest BCUT2D eigenvalue weighted by atomic mass is 16.5. The van der Waals surface area contributed by atoms with E-state index in [1.165, 1.54) is 38.3 Å². The maximum atomic E-state index is 13.1. The van der Waals surface area contributed by atoms with Crippen LogP contribution in [0.4, 0.5) is 0 Å². The van der Waals surface area contributed by atoms with Crippen LogP contribution in [0.5, 0.6) is 0 Å². The summed E-state index contributed by atoms with van der Waals surface area (Å²) in [5.41, 5.74) is 0.437. The van der Waals surface area contributed by atoms with E-state index in [0.29, 0.717) is 24.6 Å². The van der Waals surface area contributed by atoms with Crippen molar-refractivity contribution in [3.8, 4) is 0 Å². The van der Waals surface area contributed by atoms with Gasteiger partial charge in [0, 0.05) is 26.1 Å². The fraction of sp³-hybridized carbons (Fsp3) is 0.762. The fourth-order valence-corrected chi connectivity index (χ4v) is 5.12. The molecule has 2 saturated carbocycles. The summed E-state index contributed by atoms with van der Waals surface area (Å²) in [6.07, 6.45) is 9.94. The largest absolute Gasteiger partial charge is 0.377 e. The summed E-state index contributed by atoms with van der Waals surface area (Å²) >= 11 is 0. The van der Waals surface area contributed by atoms with Crippen molar-refractivity contribution in [2.24, 2.45) is 17.8 Å². The second-order valence-corrected chi connectivity index (χ2v) is 8.78. The number of imidazole rings is 1. The van der Waals surface area contributed by atoms with E-state index >= 15 is 0 Å². The fourth-order valence-electron chi connectivity index (χ4n) is 5.12. The predicted molar refractivity (Wildman–Crippen MR) is 105 cm³/mol. The Morgan fingerprint density at radius 1 is 1.14 bits per heavy atom. The van der Waals surface area contributed by atoms with Gasteiger partial charge in [-0.05, 0) is 44.4 Å². The predicted octanol–water partition coefficient (Wildman–Crippen LogP) is 2.28. The smallest absolute Gasteiger partial charge is 0.269 e. The van der Waals surface area contributed by atoms with Crippen molar-refractivity contribution in [1.29, 1.82) is 0 Å². The van der Waals surface area contributed by atoms with E-state index in [4.69, 9.17) is 4.74 Å². The Bertz CT molecular complexity index is 706. The molecule has 2 atom stereocenters. The van der Waals surface area contributed by atoms with Crippen LogP contribution in [0.3, 0.4) is 0 Å². The molecule has 0 radical (unpaired) electrons. The summed E-state index contributed by atoms with van der Waals surface area (Å²) in [6, 6.07) is -0.198. The van der Waals surface area contributed by atoms with Crippen molar-refractivity contribution in [2.75, 3.05) is 20.2 Å². The number of nitrogens with one attached hydrogen (secondary N) is 2. The van der Waals surface area contributed by atoms with Crippen LogP contribution < -0.4 is 5.32 Å². The molecule has 1 saturated heterocycles. The number of ether oxygens (including phenoxy) is 1. The van der Waals surface area contributed by atoms with Crippen LogP contribution in [0.2, 0.25) is 0 Å². The maximum absolute atomic E-state index is 13.1. The van der Waals surface area contributed by atoms with Crippen molar-refractivity contribution in [1.82, 2.24) is 20.2 Å². The molecule has 28 heavy (non-hydrogen) atoms. The molecular formula is C21H32N4O3. The molecule has 2 amide bonds. The van der Waals surface area contributed by atoms with Crippen LogP contribution in [-0.4, -0.2) is 59.0 Å². The highest BCUT2D eigenvalue weighted by Gasteiger charge is 2.40. The monoisotopic (exact) mass is 388 g/mol. The van der Waals surface area contributed by atoms with Gasteiger partial charge in [0.15, 0.2) is 0 Å². The van der Waals surface area contributed by atoms with Crippen molar-refractivity contribution in [3.63, 3.8) is 0 Å². The number of amides is 2. The molecule has 1 aromatic heterocycles. The van der Waals surface area contributed by atoms with Gasteiger partial charge in [-0.1, -0.05) is 19.3 Å². The van der Waals surface area contributed by atoms with Crippen molar-refractivity contribution >= 4 is 11.8 Å². The zero-order valence-electron chi connectivity index (χ0n) is 16.9. The molecule has 2 N–H and O–H groups in total. The van der Waals surface area contributed by atoms with Crippen LogP contribution in [0, 0.1) is 24.7 Å². The molecule has 7 heteroatoms. The molecule has 1 aromatic rings. The van der Waals surface area contributed by atoms with E-state index in [1.807, 2.05) is 11.8 Å². The Morgan fingerprint density at radius 3 is 2.43 bits per heavy atom. The Labute approximate surface area is 166 Å². The molecule has 0 spiro atoms. The Morgan fingerprint density at radius 2 is 1.86 bits per heavy atom. The summed E-state index contributed by atoms with van der Waals surface area (Å²) < 4.78 is 5.57. The first-order valence-electron chi connectivity index (χ1n) is 10.7. The van der Waals surface area contributed by atoms with Gasteiger partial charge in [0.1, 0.15) is 11.5 Å². The average Bonchev–Trinajstić information content (AvgIpc) is 3.26. The van der Waals surface area contributed by atoms with Crippen LogP contribution in [0.1, 0.15) is 61.3 Å². The molecule has 0 bridgehead atoms. The van der Waals surface area contributed by atoms with Crippen molar-refractivity contribution < 1.29 is 14.3 Å². The molecule has 1 aliphatic heterocycles. The lowest BCUT2D eigenvalue weighted by atomic mass is 9.68. The minimum atomic E-state index is -0.206. The molecule has 7 nitrogen and oxygen atoms in total. The topological polar surface area (TPSA) is 87.3 Å². The standard InChI is InChI=1S/C21H32N4O3/c1-13-22-10-17(23-13)20(26)24-18-11-25(12-19(18)28-2)21(27)16-8-6-15(7-9-16)14-4-3-5-14/h10,14-16,18-19H,3-9,11-12H2,1-2H3,(H,22,23)(H,24,26)/t15?,16?,18-,19-/m1/s1. The highest BCUT2D eigenvalue weighted by Crippen LogP contribution is 2.42. The van der Waals surface area contributed by atoms with Gasteiger partial charge < -0.3 is 19.9 Å². The zero-order valence-corrected chi connectivity index (χ0v) is 16.9. The SMILES string of the molecule is CO[C@@H]1CN(C(=O)C2CCC(C3CCC3)CC2)C[C@H]1NC(=O)c1cnc(C)[nH]1. The van der Waals surface area contributed by atoms with Gasteiger partial charge in [-0.15, -0.1) is 0 Å². The number of carbonyl (C=O) groups is 2. The summed E-state index contributed by atoms with van der Waals surface area (Å²) in [5.74, 6) is 2.64.